The third-order valence-corrected chi connectivity index (χ3v) is 2.80. The van der Waals surface area contributed by atoms with Crippen molar-refractivity contribution in [3.63, 3.8) is 0 Å². The van der Waals surface area contributed by atoms with Gasteiger partial charge in [-0.25, -0.2) is 0 Å². The van der Waals surface area contributed by atoms with Gasteiger partial charge in [0.05, 0.1) is 0 Å². The molecule has 1 radical (unpaired) electrons. The van der Waals surface area contributed by atoms with Gasteiger partial charge in [-0.2, -0.15) is 0 Å². The topological polar surface area (TPSA) is 5.90 Å². The molecule has 1 aliphatic heterocycles. The lowest BCUT2D eigenvalue weighted by atomic mass is 10.1. The van der Waals surface area contributed by atoms with E-state index >= 15 is 0 Å². The van der Waals surface area contributed by atoms with Crippen LogP contribution in [0.4, 0.5) is 5.69 Å². The molecule has 0 atom stereocenters. The lowest BCUT2D eigenvalue weighted by molar-refractivity contribution is 0.424. The molecule has 13 heavy (non-hydrogen) atoms. The lowest BCUT2D eigenvalue weighted by Crippen LogP contribution is -2.30. The molecule has 1 saturated heterocycles. The van der Waals surface area contributed by atoms with Crippen LogP contribution in [0, 0.1) is 0 Å². The highest BCUT2D eigenvalue weighted by Gasteiger charge is 2.21. The Morgan fingerprint density at radius 2 is 1.54 bits per heavy atom. The van der Waals surface area contributed by atoms with Gasteiger partial charge in [0.15, 0.2) is 5.69 Å². The molecule has 69 valence electrons. The minimum Gasteiger partial charge on any atom is -0.134 e. The zero-order valence-corrected chi connectivity index (χ0v) is 8.43. The molecular weight excluding hydrogens is 182 g/mol. The molecule has 0 spiro atoms. The maximum Gasteiger partial charge on any atom is 0.180 e. The van der Waals surface area contributed by atoms with E-state index in [1.54, 1.807) is 0 Å². The van der Waals surface area contributed by atoms with Crippen molar-refractivity contribution < 1.29 is 0 Å². The molecule has 0 amide bonds. The Bertz CT molecular complexity index is 262. The quantitative estimate of drug-likeness (QED) is 0.607. The summed E-state index contributed by atoms with van der Waals surface area (Å²) in [7, 11) is 0. The number of hydrogen-bond donors (Lipinski definition) is 0. The van der Waals surface area contributed by atoms with E-state index in [-0.39, 0.29) is 0 Å². The van der Waals surface area contributed by atoms with Gasteiger partial charge in [0, 0.05) is 30.0 Å². The standard InChI is InChI=1S/C11H14ClN/c12-10-4-6-11(7-5-10)13-8-2-1-3-9-13/h4-7H,1-3,8-9H2/q+1. The van der Waals surface area contributed by atoms with Crippen LogP contribution in [0.1, 0.15) is 19.3 Å². The molecule has 1 aromatic rings. The van der Waals surface area contributed by atoms with Crippen molar-refractivity contribution in [2.24, 2.45) is 0 Å². The normalized spacial score (nSPS) is 18.8. The Balaban J connectivity index is 2.10. The number of nitrogens with zero attached hydrogens (tertiary/aromatic N) is 1. The largest absolute Gasteiger partial charge is 0.180 e. The Hall–Kier alpha value is -0.530. The molecule has 1 heterocycles. The fourth-order valence-corrected chi connectivity index (χ4v) is 1.93. The lowest BCUT2D eigenvalue weighted by Gasteiger charge is -2.15. The number of halogens is 1. The molecule has 0 unspecified atom stereocenters. The van der Waals surface area contributed by atoms with Crippen molar-refractivity contribution >= 4 is 17.3 Å². The van der Waals surface area contributed by atoms with E-state index in [0.717, 1.165) is 5.02 Å². The van der Waals surface area contributed by atoms with Crippen LogP contribution in [0.15, 0.2) is 24.3 Å². The third-order valence-electron chi connectivity index (χ3n) is 2.55. The molecule has 1 aliphatic rings. The van der Waals surface area contributed by atoms with Gasteiger partial charge in [-0.3, -0.25) is 0 Å². The maximum atomic E-state index is 5.83. The summed E-state index contributed by atoms with van der Waals surface area (Å²) < 4.78 is 0. The minimum absolute atomic E-state index is 0.820. The van der Waals surface area contributed by atoms with Gasteiger partial charge in [0.25, 0.3) is 0 Å². The van der Waals surface area contributed by atoms with Gasteiger partial charge >= 0.3 is 0 Å². The SMILES string of the molecule is Clc1ccc([N+]2CCCCC2)cc1. The summed E-state index contributed by atoms with van der Waals surface area (Å²) in [6.07, 6.45) is 4.02. The second-order valence-corrected chi connectivity index (χ2v) is 3.96. The predicted octanol–water partition coefficient (Wildman–Crippen LogP) is 3.30. The summed E-state index contributed by atoms with van der Waals surface area (Å²) in [4.78, 5) is 2.43. The molecule has 0 N–H and O–H groups in total. The molecule has 0 bridgehead atoms. The van der Waals surface area contributed by atoms with Gasteiger partial charge in [-0.05, 0) is 18.6 Å². The van der Waals surface area contributed by atoms with Crippen molar-refractivity contribution in [1.29, 1.82) is 0 Å². The maximum absolute atomic E-state index is 5.83. The summed E-state index contributed by atoms with van der Waals surface area (Å²) in [5.41, 5.74) is 1.31. The van der Waals surface area contributed by atoms with Crippen LogP contribution in [0.5, 0.6) is 0 Å². The van der Waals surface area contributed by atoms with Crippen molar-refractivity contribution in [2.45, 2.75) is 19.3 Å². The molecule has 0 aliphatic carbocycles. The Labute approximate surface area is 84.3 Å². The Kier molecular flexibility index (Phi) is 2.87. The van der Waals surface area contributed by atoms with Crippen LogP contribution in [0.2, 0.25) is 5.02 Å². The van der Waals surface area contributed by atoms with Gasteiger partial charge in [0.1, 0.15) is 13.1 Å². The van der Waals surface area contributed by atoms with E-state index in [2.05, 4.69) is 17.0 Å². The molecule has 1 aromatic carbocycles. The number of piperidine rings is 1. The summed E-state index contributed by atoms with van der Waals surface area (Å²) in [5, 5.41) is 0.820. The second kappa shape index (κ2) is 4.12. The smallest absolute Gasteiger partial charge is 0.134 e. The summed E-state index contributed by atoms with van der Waals surface area (Å²) in [6.45, 7) is 2.39. The van der Waals surface area contributed by atoms with Crippen molar-refractivity contribution in [1.82, 2.24) is 4.90 Å². The molecule has 0 saturated carbocycles. The van der Waals surface area contributed by atoms with Crippen LogP contribution >= 0.6 is 11.6 Å². The summed E-state index contributed by atoms with van der Waals surface area (Å²) in [5.74, 6) is 0. The minimum atomic E-state index is 0.820. The first-order chi connectivity index (χ1) is 6.36. The third kappa shape index (κ3) is 2.23. The van der Waals surface area contributed by atoms with E-state index in [1.165, 1.54) is 38.0 Å². The van der Waals surface area contributed by atoms with E-state index in [0.29, 0.717) is 0 Å². The summed E-state index contributed by atoms with van der Waals surface area (Å²) >= 11 is 5.83. The van der Waals surface area contributed by atoms with E-state index in [1.807, 2.05) is 12.1 Å². The van der Waals surface area contributed by atoms with Gasteiger partial charge in [0.2, 0.25) is 0 Å². The average Bonchev–Trinajstić information content (AvgIpc) is 2.20. The zero-order chi connectivity index (χ0) is 9.10. The fourth-order valence-electron chi connectivity index (χ4n) is 1.80. The number of rotatable bonds is 1. The fraction of sp³-hybridized carbons (Fsp3) is 0.455. The molecule has 2 rings (SSSR count). The van der Waals surface area contributed by atoms with Gasteiger partial charge in [-0.15, -0.1) is 4.90 Å². The highest BCUT2D eigenvalue weighted by atomic mass is 35.5. The molecule has 1 nitrogen and oxygen atoms in total. The van der Waals surface area contributed by atoms with Crippen molar-refractivity contribution in [2.75, 3.05) is 13.1 Å². The highest BCUT2D eigenvalue weighted by Crippen LogP contribution is 2.20. The van der Waals surface area contributed by atoms with Gasteiger partial charge < -0.3 is 0 Å². The predicted molar refractivity (Wildman–Crippen MR) is 56.8 cm³/mol. The van der Waals surface area contributed by atoms with Crippen molar-refractivity contribution in [3.8, 4) is 0 Å². The summed E-state index contributed by atoms with van der Waals surface area (Å²) in [6, 6.07) is 8.14. The van der Waals surface area contributed by atoms with Crippen LogP contribution < -0.4 is 4.90 Å². The first kappa shape index (κ1) is 9.04. The molecule has 2 heteroatoms. The van der Waals surface area contributed by atoms with Crippen LogP contribution in [0.25, 0.3) is 0 Å². The first-order valence-electron chi connectivity index (χ1n) is 4.87. The highest BCUT2D eigenvalue weighted by molar-refractivity contribution is 6.30. The number of anilines is 1. The zero-order valence-electron chi connectivity index (χ0n) is 7.67. The van der Waals surface area contributed by atoms with Gasteiger partial charge in [-0.1, -0.05) is 11.6 Å². The molecule has 1 fully saturated rings. The van der Waals surface area contributed by atoms with E-state index < -0.39 is 0 Å². The Morgan fingerprint density at radius 1 is 0.923 bits per heavy atom. The van der Waals surface area contributed by atoms with Crippen LogP contribution in [0.3, 0.4) is 0 Å². The average molecular weight is 196 g/mol. The molecular formula is C11H14ClN+. The second-order valence-electron chi connectivity index (χ2n) is 3.52. The monoisotopic (exact) mass is 195 g/mol. The number of benzene rings is 1. The number of hydrogen-bond acceptors (Lipinski definition) is 1. The Morgan fingerprint density at radius 3 is 2.15 bits per heavy atom. The van der Waals surface area contributed by atoms with E-state index in [9.17, 15) is 0 Å². The van der Waals surface area contributed by atoms with Crippen LogP contribution in [-0.2, 0) is 0 Å². The first-order valence-corrected chi connectivity index (χ1v) is 5.24. The molecule has 0 aromatic heterocycles. The van der Waals surface area contributed by atoms with Crippen molar-refractivity contribution in [3.05, 3.63) is 29.3 Å². The van der Waals surface area contributed by atoms with E-state index in [4.69, 9.17) is 11.6 Å². The van der Waals surface area contributed by atoms with Crippen LogP contribution in [-0.4, -0.2) is 13.1 Å².